The minimum atomic E-state index is -0.265. The summed E-state index contributed by atoms with van der Waals surface area (Å²) in [7, 11) is 1.59. The summed E-state index contributed by atoms with van der Waals surface area (Å²) >= 11 is 5.80. The molecule has 0 spiro atoms. The monoisotopic (exact) mass is 356 g/mol. The Morgan fingerprint density at radius 2 is 1.72 bits per heavy atom. The van der Waals surface area contributed by atoms with Gasteiger partial charge >= 0.3 is 0 Å². The highest BCUT2D eigenvalue weighted by molar-refractivity contribution is 6.30. The molecule has 0 atom stereocenters. The molecule has 0 radical (unpaired) electrons. The van der Waals surface area contributed by atoms with Gasteiger partial charge in [0.25, 0.3) is 0 Å². The van der Waals surface area contributed by atoms with Crippen molar-refractivity contribution < 1.29 is 9.59 Å². The first-order valence-corrected chi connectivity index (χ1v) is 8.43. The molecule has 2 aromatic rings. The van der Waals surface area contributed by atoms with E-state index in [0.29, 0.717) is 10.7 Å². The predicted octanol–water partition coefficient (Wildman–Crippen LogP) is 4.01. The Morgan fingerprint density at radius 1 is 1.08 bits per heavy atom. The van der Waals surface area contributed by atoms with Crippen LogP contribution < -0.4 is 5.32 Å². The van der Waals surface area contributed by atoms with E-state index in [0.717, 1.165) is 12.0 Å². The van der Waals surface area contributed by atoms with Gasteiger partial charge in [0.2, 0.25) is 11.8 Å². The molecule has 4 nitrogen and oxygen atoms in total. The topological polar surface area (TPSA) is 49.4 Å². The van der Waals surface area contributed by atoms with E-state index in [9.17, 15) is 9.59 Å². The average molecular weight is 357 g/mol. The van der Waals surface area contributed by atoms with Crippen molar-refractivity contribution >= 4 is 35.2 Å². The lowest BCUT2D eigenvalue weighted by Crippen LogP contribution is -2.33. The number of halogens is 1. The molecule has 2 amide bonds. The van der Waals surface area contributed by atoms with Crippen LogP contribution in [0.2, 0.25) is 5.02 Å². The van der Waals surface area contributed by atoms with E-state index in [1.54, 1.807) is 37.4 Å². The van der Waals surface area contributed by atoms with Crippen LogP contribution in [0, 0.1) is 0 Å². The number of carbonyl (C=O) groups excluding carboxylic acids is 2. The molecule has 0 heterocycles. The quantitative estimate of drug-likeness (QED) is 0.795. The molecule has 2 rings (SSSR count). The summed E-state index contributed by atoms with van der Waals surface area (Å²) in [5, 5.41) is 3.33. The first-order chi connectivity index (χ1) is 12.0. The minimum Gasteiger partial charge on any atom is -0.333 e. The number of anilines is 1. The molecule has 1 N–H and O–H groups in total. The van der Waals surface area contributed by atoms with Crippen LogP contribution in [0.15, 0.2) is 54.6 Å². The smallest absolute Gasteiger partial charge is 0.246 e. The second kappa shape index (κ2) is 9.04. The number of hydrogen-bond donors (Lipinski definition) is 1. The molecule has 0 saturated carbocycles. The number of hydrogen-bond acceptors (Lipinski definition) is 2. The SMILES string of the molecule is CCc1ccc(/C=C/C(=O)N(C)CC(=O)Nc2ccc(Cl)cc2)cc1. The summed E-state index contributed by atoms with van der Waals surface area (Å²) < 4.78 is 0. The highest BCUT2D eigenvalue weighted by atomic mass is 35.5. The fourth-order valence-electron chi connectivity index (χ4n) is 2.19. The average Bonchev–Trinajstić information content (AvgIpc) is 2.62. The summed E-state index contributed by atoms with van der Waals surface area (Å²) in [5.74, 6) is -0.496. The maximum absolute atomic E-state index is 12.1. The van der Waals surface area contributed by atoms with Gasteiger partial charge in [-0.05, 0) is 47.9 Å². The van der Waals surface area contributed by atoms with Crippen molar-refractivity contribution in [3.05, 3.63) is 70.8 Å². The third-order valence-corrected chi connectivity index (χ3v) is 3.94. The standard InChI is InChI=1S/C20H21ClN2O2/c1-3-15-4-6-16(7-5-15)8-13-20(25)23(2)14-19(24)22-18-11-9-17(21)10-12-18/h4-13H,3,14H2,1-2H3,(H,22,24)/b13-8+. The van der Waals surface area contributed by atoms with E-state index >= 15 is 0 Å². The Morgan fingerprint density at radius 3 is 2.32 bits per heavy atom. The number of likely N-dealkylation sites (N-methyl/N-ethyl adjacent to an activating group) is 1. The molecule has 130 valence electrons. The number of amides is 2. The third kappa shape index (κ3) is 6.08. The molecule has 0 saturated heterocycles. The molecule has 0 aromatic heterocycles. The van der Waals surface area contributed by atoms with Crippen LogP contribution in [0.3, 0.4) is 0 Å². The van der Waals surface area contributed by atoms with Gasteiger partial charge in [0.05, 0.1) is 6.54 Å². The summed E-state index contributed by atoms with van der Waals surface area (Å²) in [6, 6.07) is 14.8. The van der Waals surface area contributed by atoms with Crippen molar-refractivity contribution in [1.29, 1.82) is 0 Å². The van der Waals surface area contributed by atoms with Gasteiger partial charge in [-0.25, -0.2) is 0 Å². The molecular formula is C20H21ClN2O2. The minimum absolute atomic E-state index is 0.0272. The van der Waals surface area contributed by atoms with E-state index in [2.05, 4.69) is 12.2 Å². The van der Waals surface area contributed by atoms with Crippen LogP contribution in [0.5, 0.6) is 0 Å². The third-order valence-electron chi connectivity index (χ3n) is 3.69. The highest BCUT2D eigenvalue weighted by Gasteiger charge is 2.10. The number of nitrogens with one attached hydrogen (secondary N) is 1. The summed E-state index contributed by atoms with van der Waals surface area (Å²) in [4.78, 5) is 25.5. The van der Waals surface area contributed by atoms with Gasteiger partial charge in [-0.3, -0.25) is 9.59 Å². The zero-order valence-corrected chi connectivity index (χ0v) is 15.1. The van der Waals surface area contributed by atoms with Gasteiger partial charge in [-0.15, -0.1) is 0 Å². The van der Waals surface area contributed by atoms with Crippen molar-refractivity contribution in [2.45, 2.75) is 13.3 Å². The normalized spacial score (nSPS) is 10.7. The number of carbonyl (C=O) groups is 2. The van der Waals surface area contributed by atoms with Crippen LogP contribution in [0.4, 0.5) is 5.69 Å². The second-order valence-corrected chi connectivity index (χ2v) is 6.11. The Bertz CT molecular complexity index is 752. The van der Waals surface area contributed by atoms with E-state index in [4.69, 9.17) is 11.6 Å². The Hall–Kier alpha value is -2.59. The molecule has 0 bridgehead atoms. The lowest BCUT2D eigenvalue weighted by Gasteiger charge is -2.14. The predicted molar refractivity (Wildman–Crippen MR) is 103 cm³/mol. The molecule has 5 heteroatoms. The van der Waals surface area contributed by atoms with Crippen LogP contribution in [-0.2, 0) is 16.0 Å². The molecule has 0 aliphatic carbocycles. The van der Waals surface area contributed by atoms with Crippen LogP contribution in [0.25, 0.3) is 6.08 Å². The summed E-state index contributed by atoms with van der Waals surface area (Å²) in [6.07, 6.45) is 4.19. The number of rotatable bonds is 6. The van der Waals surface area contributed by atoms with Crippen molar-refractivity contribution in [1.82, 2.24) is 4.90 Å². The molecule has 0 unspecified atom stereocenters. The van der Waals surface area contributed by atoms with Crippen LogP contribution in [0.1, 0.15) is 18.1 Å². The van der Waals surface area contributed by atoms with E-state index in [-0.39, 0.29) is 18.4 Å². The van der Waals surface area contributed by atoms with Crippen LogP contribution in [-0.4, -0.2) is 30.3 Å². The zero-order valence-electron chi connectivity index (χ0n) is 14.3. The van der Waals surface area contributed by atoms with Crippen molar-refractivity contribution in [3.63, 3.8) is 0 Å². The number of nitrogens with zero attached hydrogens (tertiary/aromatic N) is 1. The fraction of sp³-hybridized carbons (Fsp3) is 0.200. The highest BCUT2D eigenvalue weighted by Crippen LogP contribution is 2.13. The molecule has 0 aliphatic heterocycles. The maximum atomic E-state index is 12.1. The number of aryl methyl sites for hydroxylation is 1. The van der Waals surface area contributed by atoms with Crippen molar-refractivity contribution in [2.75, 3.05) is 18.9 Å². The Balaban J connectivity index is 1.87. The molecule has 0 fully saturated rings. The maximum Gasteiger partial charge on any atom is 0.246 e. The first-order valence-electron chi connectivity index (χ1n) is 8.05. The molecule has 0 aliphatic rings. The van der Waals surface area contributed by atoms with Gasteiger partial charge in [0.1, 0.15) is 0 Å². The summed E-state index contributed by atoms with van der Waals surface area (Å²) in [5.41, 5.74) is 2.84. The zero-order chi connectivity index (χ0) is 18.2. The number of benzene rings is 2. The van der Waals surface area contributed by atoms with E-state index in [1.165, 1.54) is 16.5 Å². The van der Waals surface area contributed by atoms with Gasteiger partial charge in [0.15, 0.2) is 0 Å². The van der Waals surface area contributed by atoms with Crippen LogP contribution >= 0.6 is 11.6 Å². The lowest BCUT2D eigenvalue weighted by atomic mass is 10.1. The Kier molecular flexibility index (Phi) is 6.78. The van der Waals surface area contributed by atoms with Gasteiger partial charge in [-0.2, -0.15) is 0 Å². The van der Waals surface area contributed by atoms with Gasteiger partial charge in [0, 0.05) is 23.8 Å². The van der Waals surface area contributed by atoms with Gasteiger partial charge < -0.3 is 10.2 Å². The fourth-order valence-corrected chi connectivity index (χ4v) is 2.31. The molecule has 2 aromatic carbocycles. The van der Waals surface area contributed by atoms with Gasteiger partial charge in [-0.1, -0.05) is 42.8 Å². The summed E-state index contributed by atoms with van der Waals surface area (Å²) in [6.45, 7) is 2.07. The molecular weight excluding hydrogens is 336 g/mol. The first kappa shape index (κ1) is 18.7. The largest absolute Gasteiger partial charge is 0.333 e. The van der Waals surface area contributed by atoms with Crippen molar-refractivity contribution in [3.8, 4) is 0 Å². The molecule has 25 heavy (non-hydrogen) atoms. The Labute approximate surface area is 153 Å². The second-order valence-electron chi connectivity index (χ2n) is 5.68. The van der Waals surface area contributed by atoms with E-state index in [1.807, 2.05) is 24.3 Å². The lowest BCUT2D eigenvalue weighted by molar-refractivity contribution is -0.129. The van der Waals surface area contributed by atoms with E-state index < -0.39 is 0 Å². The van der Waals surface area contributed by atoms with Crippen molar-refractivity contribution in [2.24, 2.45) is 0 Å².